The predicted molar refractivity (Wildman–Crippen MR) is 98.8 cm³/mol. The third-order valence-electron chi connectivity index (χ3n) is 6.92. The normalized spacial score (nSPS) is 39.3. The summed E-state index contributed by atoms with van der Waals surface area (Å²) in [5, 5.41) is 30.6. The van der Waals surface area contributed by atoms with E-state index in [4.69, 9.17) is 4.84 Å². The monoisotopic (exact) mass is 459 g/mol. The average Bonchev–Trinajstić information content (AvgIpc) is 2.79. The van der Waals surface area contributed by atoms with Crippen LogP contribution in [0.3, 0.4) is 0 Å². The third kappa shape index (κ3) is 2.66. The predicted octanol–water partition coefficient (Wildman–Crippen LogP) is 3.05. The molecule has 6 nitrogen and oxygen atoms in total. The van der Waals surface area contributed by atoms with Crippen molar-refractivity contribution in [3.05, 3.63) is 36.9 Å². The van der Waals surface area contributed by atoms with Crippen molar-refractivity contribution >= 4 is 22.6 Å². The highest BCUT2D eigenvalue weighted by atomic mass is 127. The van der Waals surface area contributed by atoms with E-state index >= 15 is 0 Å². The van der Waals surface area contributed by atoms with Gasteiger partial charge in [-0.1, -0.05) is 6.92 Å². The van der Waals surface area contributed by atoms with Gasteiger partial charge >= 0.3 is 0 Å². The van der Waals surface area contributed by atoms with E-state index in [2.05, 4.69) is 29.5 Å². The fraction of sp³-hybridized carbons (Fsp3) is 0.667. The van der Waals surface area contributed by atoms with Gasteiger partial charge in [0.15, 0.2) is 0 Å². The van der Waals surface area contributed by atoms with Crippen molar-refractivity contribution in [1.29, 1.82) is 0 Å². The molecule has 0 bridgehead atoms. The van der Waals surface area contributed by atoms with Crippen molar-refractivity contribution in [3.8, 4) is 5.75 Å². The molecule has 2 fully saturated rings. The Morgan fingerprint density at radius 1 is 1.36 bits per heavy atom. The summed E-state index contributed by atoms with van der Waals surface area (Å²) in [6.07, 6.45) is 3.17. The van der Waals surface area contributed by atoms with E-state index in [0.717, 1.165) is 34.8 Å². The zero-order chi connectivity index (χ0) is 17.9. The lowest BCUT2D eigenvalue weighted by Gasteiger charge is -2.50. The highest BCUT2D eigenvalue weighted by Gasteiger charge is 2.57. The number of fused-ring (bicyclic) bond motifs is 5. The Morgan fingerprint density at radius 2 is 2.12 bits per heavy atom. The van der Waals surface area contributed by atoms with E-state index in [-0.39, 0.29) is 5.41 Å². The largest absolute Gasteiger partial charge is 0.390 e. The van der Waals surface area contributed by atoms with E-state index in [1.165, 1.54) is 5.56 Å². The standard InChI is InChI=1S/C18H22INO5/c1-18-5-4-10-11(13(18)8-15(21)17(18)22)3-2-9-6-16(25-20(23)24)14(19)7-12(9)10/h6-7,10-11,13,15,17,21-22H,2-5,8H2,1H3/t10-,11+,13-,15+,17-,18-/m0/s1. The van der Waals surface area contributed by atoms with Crippen molar-refractivity contribution < 1.29 is 20.1 Å². The van der Waals surface area contributed by atoms with Crippen LogP contribution in [-0.4, -0.2) is 27.5 Å². The second-order valence-corrected chi connectivity index (χ2v) is 9.17. The molecule has 2 saturated carbocycles. The van der Waals surface area contributed by atoms with Gasteiger partial charge in [-0.25, -0.2) is 0 Å². The Morgan fingerprint density at radius 3 is 2.84 bits per heavy atom. The molecule has 0 radical (unpaired) electrons. The van der Waals surface area contributed by atoms with Crippen LogP contribution in [0.15, 0.2) is 12.1 Å². The molecule has 0 spiro atoms. The van der Waals surface area contributed by atoms with Gasteiger partial charge in [-0.05, 0) is 101 Å². The van der Waals surface area contributed by atoms with Crippen LogP contribution in [-0.2, 0) is 6.42 Å². The summed E-state index contributed by atoms with van der Waals surface area (Å²) in [5.41, 5.74) is 2.22. The Hall–Kier alpha value is -0.930. The van der Waals surface area contributed by atoms with Crippen LogP contribution in [0.5, 0.6) is 5.75 Å². The number of hydrogen-bond acceptors (Lipinski definition) is 5. The van der Waals surface area contributed by atoms with Gasteiger partial charge in [0.2, 0.25) is 0 Å². The minimum atomic E-state index is -0.761. The molecule has 7 heteroatoms. The van der Waals surface area contributed by atoms with Gasteiger partial charge < -0.3 is 10.2 Å². The Kier molecular flexibility index (Phi) is 4.24. The molecule has 0 heterocycles. The lowest BCUT2D eigenvalue weighted by molar-refractivity contribution is -0.711. The van der Waals surface area contributed by atoms with Gasteiger partial charge in [0.25, 0.3) is 5.09 Å². The number of aliphatic hydroxyl groups is 2. The van der Waals surface area contributed by atoms with E-state index in [0.29, 0.717) is 29.9 Å². The zero-order valence-electron chi connectivity index (χ0n) is 14.0. The lowest BCUT2D eigenvalue weighted by atomic mass is 9.55. The van der Waals surface area contributed by atoms with Crippen LogP contribution in [0.25, 0.3) is 0 Å². The quantitative estimate of drug-likeness (QED) is 0.403. The van der Waals surface area contributed by atoms with Gasteiger partial charge in [0, 0.05) is 3.57 Å². The summed E-state index contributed by atoms with van der Waals surface area (Å²) in [4.78, 5) is 15.4. The van der Waals surface area contributed by atoms with Crippen molar-refractivity contribution in [2.75, 3.05) is 0 Å². The molecule has 1 aromatic carbocycles. The molecule has 0 saturated heterocycles. The number of aliphatic hydroxyl groups excluding tert-OH is 2. The van der Waals surface area contributed by atoms with Crippen LogP contribution in [0.4, 0.5) is 0 Å². The number of halogens is 1. The topological polar surface area (TPSA) is 92.8 Å². The van der Waals surface area contributed by atoms with Crippen molar-refractivity contribution in [2.45, 2.75) is 57.2 Å². The molecule has 3 aliphatic rings. The van der Waals surface area contributed by atoms with Gasteiger partial charge in [-0.2, -0.15) is 0 Å². The van der Waals surface area contributed by atoms with Gasteiger partial charge in [-0.3, -0.25) is 4.84 Å². The number of benzene rings is 1. The second kappa shape index (κ2) is 6.06. The summed E-state index contributed by atoms with van der Waals surface area (Å²) in [5.74, 6) is 1.50. The first kappa shape index (κ1) is 17.5. The minimum Gasteiger partial charge on any atom is -0.390 e. The Labute approximate surface area is 159 Å². The van der Waals surface area contributed by atoms with Crippen LogP contribution in [0, 0.1) is 30.9 Å². The Bertz CT molecular complexity index is 726. The molecule has 25 heavy (non-hydrogen) atoms. The fourth-order valence-electron chi connectivity index (χ4n) is 5.71. The minimum absolute atomic E-state index is 0.195. The van der Waals surface area contributed by atoms with Gasteiger partial charge in [0.05, 0.1) is 12.2 Å². The molecular formula is C18H22INO5. The van der Waals surface area contributed by atoms with Crippen LogP contribution < -0.4 is 4.84 Å². The van der Waals surface area contributed by atoms with Crippen molar-refractivity contribution in [1.82, 2.24) is 0 Å². The summed E-state index contributed by atoms with van der Waals surface area (Å²) < 4.78 is 0.758. The number of aryl methyl sites for hydroxylation is 1. The third-order valence-corrected chi connectivity index (χ3v) is 7.77. The molecule has 6 atom stereocenters. The van der Waals surface area contributed by atoms with E-state index < -0.39 is 17.3 Å². The van der Waals surface area contributed by atoms with E-state index in [9.17, 15) is 20.3 Å². The molecule has 0 unspecified atom stereocenters. The first-order valence-corrected chi connectivity index (χ1v) is 9.90. The summed E-state index contributed by atoms with van der Waals surface area (Å²) in [6.45, 7) is 2.13. The average molecular weight is 459 g/mol. The molecule has 136 valence electrons. The molecule has 1 aromatic rings. The van der Waals surface area contributed by atoms with Crippen LogP contribution in [0.2, 0.25) is 0 Å². The maximum absolute atomic E-state index is 10.7. The number of hydrogen-bond donors (Lipinski definition) is 2. The molecule has 3 aliphatic carbocycles. The van der Waals surface area contributed by atoms with Crippen molar-refractivity contribution in [2.24, 2.45) is 17.3 Å². The smallest absolute Gasteiger partial charge is 0.299 e. The second-order valence-electron chi connectivity index (χ2n) is 8.00. The molecular weight excluding hydrogens is 437 g/mol. The molecule has 0 aromatic heterocycles. The molecule has 4 rings (SSSR count). The highest BCUT2D eigenvalue weighted by molar-refractivity contribution is 14.1. The lowest BCUT2D eigenvalue weighted by Crippen LogP contribution is -2.44. The summed E-state index contributed by atoms with van der Waals surface area (Å²) in [7, 11) is 0. The van der Waals surface area contributed by atoms with E-state index in [1.807, 2.05) is 12.1 Å². The fourth-order valence-corrected chi connectivity index (χ4v) is 6.30. The number of nitrogens with zero attached hydrogens (tertiary/aromatic N) is 1. The maximum atomic E-state index is 10.7. The molecule has 2 N–H and O–H groups in total. The van der Waals surface area contributed by atoms with Crippen molar-refractivity contribution in [3.63, 3.8) is 0 Å². The summed E-state index contributed by atoms with van der Waals surface area (Å²) in [6, 6.07) is 3.86. The van der Waals surface area contributed by atoms with Gasteiger partial charge in [-0.15, -0.1) is 10.1 Å². The first-order valence-electron chi connectivity index (χ1n) is 8.82. The molecule has 0 amide bonds. The number of rotatable bonds is 2. The van der Waals surface area contributed by atoms with E-state index in [1.54, 1.807) is 0 Å². The van der Waals surface area contributed by atoms with Crippen LogP contribution in [0.1, 0.15) is 49.7 Å². The zero-order valence-corrected chi connectivity index (χ0v) is 16.2. The Balaban J connectivity index is 1.68. The first-order chi connectivity index (χ1) is 11.8. The SMILES string of the molecule is C[C@]12CC[C@@H]3c4cc(I)c(O[N+](=O)[O-])cc4CC[C@H]3[C@@H]1C[C@@H](O)[C@@H]2O. The summed E-state index contributed by atoms with van der Waals surface area (Å²) >= 11 is 2.09. The highest BCUT2D eigenvalue weighted by Crippen LogP contribution is 2.61. The maximum Gasteiger partial charge on any atom is 0.299 e. The van der Waals surface area contributed by atoms with Gasteiger partial charge in [0.1, 0.15) is 5.75 Å². The van der Waals surface area contributed by atoms with Crippen LogP contribution >= 0.6 is 22.6 Å². The molecule has 0 aliphatic heterocycles.